The van der Waals surface area contributed by atoms with E-state index >= 15 is 0 Å². The van der Waals surface area contributed by atoms with Crippen molar-refractivity contribution in [3.8, 4) is 17.2 Å². The van der Waals surface area contributed by atoms with E-state index in [1.54, 1.807) is 17.0 Å². The molecule has 1 atom stereocenters. The zero-order chi connectivity index (χ0) is 29.4. The average molecular weight is 571 g/mol. The first-order valence-corrected chi connectivity index (χ1v) is 14.5. The van der Waals surface area contributed by atoms with E-state index in [-0.39, 0.29) is 23.6 Å². The molecule has 6 rings (SSSR count). The molecule has 3 aliphatic heterocycles. The molecule has 3 aromatic carbocycles. The van der Waals surface area contributed by atoms with Crippen LogP contribution in [0.5, 0.6) is 17.2 Å². The Kier molecular flexibility index (Phi) is 7.68. The number of nitrogens with zero attached hydrogens (tertiary/aromatic N) is 4. The molecule has 218 valence electrons. The number of benzene rings is 3. The Balaban J connectivity index is 1.04. The van der Waals surface area contributed by atoms with Crippen LogP contribution in [0.15, 0.2) is 53.5 Å². The second-order valence-corrected chi connectivity index (χ2v) is 11.3. The van der Waals surface area contributed by atoms with Gasteiger partial charge < -0.3 is 19.3 Å². The molecule has 42 heavy (non-hydrogen) atoms. The highest BCUT2D eigenvalue weighted by atomic mass is 19.1. The van der Waals surface area contributed by atoms with Gasteiger partial charge in [0.15, 0.2) is 11.6 Å². The maximum atomic E-state index is 14.9. The number of ether oxygens (including phenoxy) is 2. The number of piperazine rings is 1. The maximum absolute atomic E-state index is 14.9. The molecule has 0 aliphatic carbocycles. The maximum Gasteiger partial charge on any atom is 0.256 e. The number of hydrogen-bond donors (Lipinski definition) is 0. The number of aliphatic imine (C=N–C) groups is 1. The van der Waals surface area contributed by atoms with Crippen molar-refractivity contribution in [3.05, 3.63) is 82.2 Å². The molecule has 0 aromatic heterocycles. The quantitative estimate of drug-likeness (QED) is 0.383. The van der Waals surface area contributed by atoms with Crippen molar-refractivity contribution in [2.24, 2.45) is 4.99 Å². The first kappa shape index (κ1) is 27.9. The van der Waals surface area contributed by atoms with Crippen LogP contribution in [-0.4, -0.2) is 78.2 Å². The van der Waals surface area contributed by atoms with Gasteiger partial charge in [0.25, 0.3) is 11.8 Å². The van der Waals surface area contributed by atoms with Crippen molar-refractivity contribution < 1.29 is 23.5 Å². The minimum absolute atomic E-state index is 0.0313. The van der Waals surface area contributed by atoms with Crippen molar-refractivity contribution in [2.45, 2.75) is 39.7 Å². The van der Waals surface area contributed by atoms with Gasteiger partial charge in [0, 0.05) is 50.6 Å². The molecule has 3 heterocycles. The summed E-state index contributed by atoms with van der Waals surface area (Å²) >= 11 is 0. The third kappa shape index (κ3) is 5.61. The number of carbonyl (C=O) groups is 2. The minimum Gasteiger partial charge on any atom is -0.478 e. The van der Waals surface area contributed by atoms with Crippen LogP contribution in [0, 0.1) is 26.6 Å². The van der Waals surface area contributed by atoms with Crippen molar-refractivity contribution in [3.63, 3.8) is 0 Å². The Morgan fingerprint density at radius 1 is 0.929 bits per heavy atom. The summed E-state index contributed by atoms with van der Waals surface area (Å²) in [6, 6.07) is 13.7. The Hall–Kier alpha value is -4.24. The molecule has 0 bridgehead atoms. The van der Waals surface area contributed by atoms with E-state index in [1.165, 1.54) is 12.1 Å². The summed E-state index contributed by atoms with van der Waals surface area (Å²) in [6.07, 6.45) is 3.83. The lowest BCUT2D eigenvalue weighted by atomic mass is 10.1. The lowest BCUT2D eigenvalue weighted by Crippen LogP contribution is -2.49. The Morgan fingerprint density at radius 3 is 2.50 bits per heavy atom. The van der Waals surface area contributed by atoms with Gasteiger partial charge in [-0.05, 0) is 86.7 Å². The van der Waals surface area contributed by atoms with Gasteiger partial charge >= 0.3 is 0 Å². The van der Waals surface area contributed by atoms with Gasteiger partial charge in [-0.1, -0.05) is 6.07 Å². The van der Waals surface area contributed by atoms with Crippen LogP contribution in [0.1, 0.15) is 50.2 Å². The topological polar surface area (TPSA) is 74.7 Å². The second-order valence-electron chi connectivity index (χ2n) is 11.3. The monoisotopic (exact) mass is 570 g/mol. The molecule has 2 amide bonds. The number of halogens is 1. The van der Waals surface area contributed by atoms with Gasteiger partial charge in [-0.3, -0.25) is 19.5 Å². The fraction of sp³-hybridized carbons (Fsp3) is 0.364. The highest BCUT2D eigenvalue weighted by molar-refractivity contribution is 6.03. The summed E-state index contributed by atoms with van der Waals surface area (Å²) in [5.41, 5.74) is 4.63. The van der Waals surface area contributed by atoms with E-state index in [0.717, 1.165) is 36.1 Å². The largest absolute Gasteiger partial charge is 0.478 e. The number of carbonyl (C=O) groups excluding carboxylic acids is 2. The van der Waals surface area contributed by atoms with Crippen molar-refractivity contribution in [1.82, 2.24) is 14.7 Å². The van der Waals surface area contributed by atoms with E-state index in [0.29, 0.717) is 61.2 Å². The fourth-order valence-electron chi connectivity index (χ4n) is 5.68. The molecule has 0 radical (unpaired) electrons. The van der Waals surface area contributed by atoms with E-state index in [1.807, 2.05) is 56.2 Å². The van der Waals surface area contributed by atoms with E-state index in [2.05, 4.69) is 9.89 Å². The lowest BCUT2D eigenvalue weighted by Gasteiger charge is -2.34. The zero-order valence-corrected chi connectivity index (χ0v) is 24.2. The third-order valence-electron chi connectivity index (χ3n) is 8.42. The van der Waals surface area contributed by atoms with Crippen molar-refractivity contribution >= 4 is 23.7 Å². The summed E-state index contributed by atoms with van der Waals surface area (Å²) in [4.78, 5) is 36.5. The summed E-state index contributed by atoms with van der Waals surface area (Å²) < 4.78 is 26.7. The highest BCUT2D eigenvalue weighted by Crippen LogP contribution is 2.34. The molecule has 0 spiro atoms. The minimum atomic E-state index is -0.575. The van der Waals surface area contributed by atoms with Crippen LogP contribution < -0.4 is 9.47 Å². The van der Waals surface area contributed by atoms with Crippen LogP contribution in [0.2, 0.25) is 0 Å². The first-order chi connectivity index (χ1) is 20.3. The Morgan fingerprint density at radius 2 is 1.74 bits per heavy atom. The summed E-state index contributed by atoms with van der Waals surface area (Å²) in [5.74, 6) is 0.574. The van der Waals surface area contributed by atoms with Crippen molar-refractivity contribution in [2.75, 3.05) is 39.5 Å². The number of amides is 2. The number of rotatable bonds is 6. The molecule has 0 N–H and O–H groups in total. The van der Waals surface area contributed by atoms with Gasteiger partial charge in [-0.2, -0.15) is 0 Å². The average Bonchev–Trinajstić information content (AvgIpc) is 3.42. The van der Waals surface area contributed by atoms with E-state index < -0.39 is 5.82 Å². The molecule has 2 saturated heterocycles. The summed E-state index contributed by atoms with van der Waals surface area (Å²) in [7, 11) is 0. The molecule has 3 aromatic rings. The molecule has 8 nitrogen and oxygen atoms in total. The number of fused-ring (bicyclic) bond motifs is 2. The van der Waals surface area contributed by atoms with Crippen molar-refractivity contribution in [1.29, 1.82) is 0 Å². The summed E-state index contributed by atoms with van der Waals surface area (Å²) in [6.45, 7) is 9.30. The van der Waals surface area contributed by atoms with Crippen LogP contribution >= 0.6 is 0 Å². The SMILES string of the molecule is Cc1ccc(Oc2ccc(C(=O)N3CCN(COc4cc5c(cc4C)C(=O)N4CCC[C@H]4C=N5)CC3)cc2F)cc1C. The van der Waals surface area contributed by atoms with Gasteiger partial charge in [0.05, 0.1) is 17.3 Å². The normalized spacial score (nSPS) is 18.5. The standard InChI is InChI=1S/C33H35FN4O4/c1-21-6-8-26(15-22(21)2)42-30-9-7-24(17-28(30)34)32(39)37-13-11-36(12-14-37)20-41-31-18-29-27(16-23(31)3)33(40)38-10-4-5-25(38)19-35-29/h6-9,15-19,25H,4-5,10-14,20H2,1-3H3/t25-/m0/s1. The first-order valence-electron chi connectivity index (χ1n) is 14.5. The summed E-state index contributed by atoms with van der Waals surface area (Å²) in [5, 5.41) is 0. The molecule has 0 unspecified atom stereocenters. The van der Waals surface area contributed by atoms with Crippen LogP contribution in [0.3, 0.4) is 0 Å². The molecule has 9 heteroatoms. The van der Waals surface area contributed by atoms with Gasteiger partial charge in [0.2, 0.25) is 0 Å². The lowest BCUT2D eigenvalue weighted by molar-refractivity contribution is 0.0479. The third-order valence-corrected chi connectivity index (χ3v) is 8.42. The van der Waals surface area contributed by atoms with Crippen LogP contribution in [0.25, 0.3) is 0 Å². The Labute approximate surface area is 245 Å². The molecule has 0 saturated carbocycles. The molecular weight excluding hydrogens is 535 g/mol. The highest BCUT2D eigenvalue weighted by Gasteiger charge is 2.32. The fourth-order valence-corrected chi connectivity index (χ4v) is 5.68. The van der Waals surface area contributed by atoms with Crippen LogP contribution in [0.4, 0.5) is 10.1 Å². The van der Waals surface area contributed by atoms with Gasteiger partial charge in [-0.25, -0.2) is 4.39 Å². The number of aryl methyl sites for hydroxylation is 3. The van der Waals surface area contributed by atoms with Gasteiger partial charge in [0.1, 0.15) is 18.2 Å². The van der Waals surface area contributed by atoms with Gasteiger partial charge in [-0.15, -0.1) is 0 Å². The number of hydrogen-bond acceptors (Lipinski definition) is 6. The predicted octanol–water partition coefficient (Wildman–Crippen LogP) is 5.66. The molecular formula is C33H35FN4O4. The predicted molar refractivity (Wildman–Crippen MR) is 159 cm³/mol. The van der Waals surface area contributed by atoms with E-state index in [9.17, 15) is 14.0 Å². The second kappa shape index (κ2) is 11.6. The zero-order valence-electron chi connectivity index (χ0n) is 24.2. The smallest absolute Gasteiger partial charge is 0.256 e. The van der Waals surface area contributed by atoms with E-state index in [4.69, 9.17) is 9.47 Å². The molecule has 2 fully saturated rings. The van der Waals surface area contributed by atoms with Crippen LogP contribution in [-0.2, 0) is 0 Å². The Bertz CT molecular complexity index is 1560. The molecule has 3 aliphatic rings.